The summed E-state index contributed by atoms with van der Waals surface area (Å²) in [6.07, 6.45) is 5.36. The van der Waals surface area contributed by atoms with Gasteiger partial charge in [0, 0.05) is 19.6 Å². The van der Waals surface area contributed by atoms with Crippen molar-refractivity contribution in [3.8, 4) is 0 Å². The number of rotatable bonds is 7. The van der Waals surface area contributed by atoms with E-state index in [1.165, 1.54) is 12.8 Å². The Morgan fingerprint density at radius 1 is 1.57 bits per heavy atom. The van der Waals surface area contributed by atoms with Crippen LogP contribution in [0.3, 0.4) is 0 Å². The molecule has 0 aliphatic carbocycles. The van der Waals surface area contributed by atoms with Gasteiger partial charge in [0.15, 0.2) is 5.78 Å². The van der Waals surface area contributed by atoms with Crippen LogP contribution in [-0.2, 0) is 14.3 Å². The maximum absolute atomic E-state index is 11.2. The van der Waals surface area contributed by atoms with Crippen molar-refractivity contribution >= 4 is 5.78 Å². The summed E-state index contributed by atoms with van der Waals surface area (Å²) in [5.74, 6) is 0.213. The number of carbonyl (C=O) groups excluding carboxylic acids is 1. The van der Waals surface area contributed by atoms with Crippen LogP contribution in [0.2, 0.25) is 0 Å². The summed E-state index contributed by atoms with van der Waals surface area (Å²) < 4.78 is 10.5. The van der Waals surface area contributed by atoms with Crippen LogP contribution in [-0.4, -0.2) is 31.7 Å². The first-order valence-electron chi connectivity index (χ1n) is 5.54. The van der Waals surface area contributed by atoms with Gasteiger partial charge in [0.25, 0.3) is 0 Å². The SMILES string of the molecule is CCOCC(=O)CCCC1CCCO1. The van der Waals surface area contributed by atoms with Crippen molar-refractivity contribution in [3.05, 3.63) is 0 Å². The van der Waals surface area contributed by atoms with E-state index in [0.29, 0.717) is 19.1 Å². The molecule has 0 aromatic heterocycles. The Kier molecular flexibility index (Phi) is 5.80. The van der Waals surface area contributed by atoms with Gasteiger partial charge in [-0.3, -0.25) is 4.79 Å². The minimum Gasteiger partial charge on any atom is -0.378 e. The standard InChI is InChI=1S/C11H20O3/c1-2-13-9-10(12)5-3-6-11-7-4-8-14-11/h11H,2-9H2,1H3. The average molecular weight is 200 g/mol. The molecule has 82 valence electrons. The fourth-order valence-corrected chi connectivity index (χ4v) is 1.69. The summed E-state index contributed by atoms with van der Waals surface area (Å²) in [4.78, 5) is 11.2. The second kappa shape index (κ2) is 6.96. The summed E-state index contributed by atoms with van der Waals surface area (Å²) in [6.45, 7) is 3.71. The fourth-order valence-electron chi connectivity index (χ4n) is 1.69. The van der Waals surface area contributed by atoms with Gasteiger partial charge in [0.1, 0.15) is 6.61 Å². The van der Waals surface area contributed by atoms with Gasteiger partial charge in [0.2, 0.25) is 0 Å². The first kappa shape index (κ1) is 11.7. The van der Waals surface area contributed by atoms with Crippen LogP contribution in [0.25, 0.3) is 0 Å². The molecule has 0 amide bonds. The van der Waals surface area contributed by atoms with E-state index in [2.05, 4.69) is 0 Å². The van der Waals surface area contributed by atoms with Crippen molar-refractivity contribution in [1.29, 1.82) is 0 Å². The minimum absolute atomic E-state index is 0.213. The molecule has 0 N–H and O–H groups in total. The maximum atomic E-state index is 11.2. The predicted molar refractivity (Wildman–Crippen MR) is 54.3 cm³/mol. The Labute approximate surface area is 85.8 Å². The molecule has 0 aromatic carbocycles. The fraction of sp³-hybridized carbons (Fsp3) is 0.909. The van der Waals surface area contributed by atoms with E-state index in [4.69, 9.17) is 9.47 Å². The van der Waals surface area contributed by atoms with Gasteiger partial charge < -0.3 is 9.47 Å². The van der Waals surface area contributed by atoms with E-state index in [1.807, 2.05) is 6.92 Å². The van der Waals surface area contributed by atoms with Crippen LogP contribution in [0.1, 0.15) is 39.0 Å². The molecule has 1 aliphatic rings. The van der Waals surface area contributed by atoms with Gasteiger partial charge in [-0.15, -0.1) is 0 Å². The van der Waals surface area contributed by atoms with E-state index < -0.39 is 0 Å². The number of ketones is 1. The summed E-state index contributed by atoms with van der Waals surface area (Å²) in [6, 6.07) is 0. The molecule has 1 atom stereocenters. The Morgan fingerprint density at radius 2 is 2.43 bits per heavy atom. The topological polar surface area (TPSA) is 35.5 Å². The van der Waals surface area contributed by atoms with Crippen molar-refractivity contribution < 1.29 is 14.3 Å². The van der Waals surface area contributed by atoms with Gasteiger partial charge >= 0.3 is 0 Å². The third-order valence-electron chi connectivity index (χ3n) is 2.47. The first-order valence-corrected chi connectivity index (χ1v) is 5.54. The summed E-state index contributed by atoms with van der Waals surface area (Å²) in [5, 5.41) is 0. The number of hydrogen-bond acceptors (Lipinski definition) is 3. The van der Waals surface area contributed by atoms with Crippen molar-refractivity contribution in [1.82, 2.24) is 0 Å². The lowest BCUT2D eigenvalue weighted by atomic mass is 10.1. The molecule has 1 rings (SSSR count). The number of ether oxygens (including phenoxy) is 2. The van der Waals surface area contributed by atoms with E-state index in [0.717, 1.165) is 19.4 Å². The molecule has 0 aromatic rings. The highest BCUT2D eigenvalue weighted by Gasteiger charge is 2.15. The number of Topliss-reactive ketones (excluding diaryl/α,β-unsaturated/α-hetero) is 1. The molecule has 1 unspecified atom stereocenters. The molecule has 0 spiro atoms. The highest BCUT2D eigenvalue weighted by atomic mass is 16.5. The number of hydrogen-bond donors (Lipinski definition) is 0. The molecule has 3 nitrogen and oxygen atoms in total. The molecule has 3 heteroatoms. The zero-order valence-electron chi connectivity index (χ0n) is 8.96. The van der Waals surface area contributed by atoms with Gasteiger partial charge in [0.05, 0.1) is 6.10 Å². The summed E-state index contributed by atoms with van der Waals surface area (Å²) in [5.41, 5.74) is 0. The highest BCUT2D eigenvalue weighted by Crippen LogP contribution is 2.17. The average Bonchev–Trinajstić information content (AvgIpc) is 2.67. The molecule has 0 bridgehead atoms. The van der Waals surface area contributed by atoms with Gasteiger partial charge in [-0.25, -0.2) is 0 Å². The van der Waals surface area contributed by atoms with E-state index in [-0.39, 0.29) is 12.4 Å². The normalized spacial score (nSPS) is 21.4. The summed E-state index contributed by atoms with van der Waals surface area (Å²) >= 11 is 0. The van der Waals surface area contributed by atoms with Crippen LogP contribution in [0, 0.1) is 0 Å². The predicted octanol–water partition coefficient (Wildman–Crippen LogP) is 1.94. The van der Waals surface area contributed by atoms with Crippen molar-refractivity contribution in [2.45, 2.75) is 45.1 Å². The van der Waals surface area contributed by atoms with Crippen molar-refractivity contribution in [3.63, 3.8) is 0 Å². The van der Waals surface area contributed by atoms with Gasteiger partial charge in [-0.1, -0.05) is 0 Å². The van der Waals surface area contributed by atoms with E-state index >= 15 is 0 Å². The van der Waals surface area contributed by atoms with Crippen LogP contribution >= 0.6 is 0 Å². The molecule has 1 fully saturated rings. The quantitative estimate of drug-likeness (QED) is 0.630. The van der Waals surface area contributed by atoms with Crippen molar-refractivity contribution in [2.24, 2.45) is 0 Å². The van der Waals surface area contributed by atoms with Crippen LogP contribution in [0.4, 0.5) is 0 Å². The first-order chi connectivity index (χ1) is 6.83. The maximum Gasteiger partial charge on any atom is 0.158 e. The Balaban J connectivity index is 1.94. The third-order valence-corrected chi connectivity index (χ3v) is 2.47. The number of carbonyl (C=O) groups is 1. The Bertz CT molecular complexity index is 162. The molecular formula is C11H20O3. The van der Waals surface area contributed by atoms with Crippen LogP contribution < -0.4 is 0 Å². The molecule has 1 saturated heterocycles. The summed E-state index contributed by atoms with van der Waals surface area (Å²) in [7, 11) is 0. The largest absolute Gasteiger partial charge is 0.378 e. The molecule has 1 aliphatic heterocycles. The van der Waals surface area contributed by atoms with Crippen molar-refractivity contribution in [2.75, 3.05) is 19.8 Å². The molecule has 1 heterocycles. The minimum atomic E-state index is 0.213. The Morgan fingerprint density at radius 3 is 3.07 bits per heavy atom. The highest BCUT2D eigenvalue weighted by molar-refractivity contribution is 5.79. The molecular weight excluding hydrogens is 180 g/mol. The smallest absolute Gasteiger partial charge is 0.158 e. The van der Waals surface area contributed by atoms with Crippen LogP contribution in [0.15, 0.2) is 0 Å². The lowest BCUT2D eigenvalue weighted by Gasteiger charge is -2.07. The second-order valence-corrected chi connectivity index (χ2v) is 3.70. The molecule has 0 radical (unpaired) electrons. The van der Waals surface area contributed by atoms with Gasteiger partial charge in [-0.2, -0.15) is 0 Å². The van der Waals surface area contributed by atoms with Crippen LogP contribution in [0.5, 0.6) is 0 Å². The lowest BCUT2D eigenvalue weighted by Crippen LogP contribution is -2.10. The zero-order valence-corrected chi connectivity index (χ0v) is 8.96. The van der Waals surface area contributed by atoms with E-state index in [9.17, 15) is 4.79 Å². The van der Waals surface area contributed by atoms with E-state index in [1.54, 1.807) is 0 Å². The molecule has 0 saturated carbocycles. The Hall–Kier alpha value is -0.410. The zero-order chi connectivity index (χ0) is 10.2. The lowest BCUT2D eigenvalue weighted by molar-refractivity contribution is -0.123. The molecule has 14 heavy (non-hydrogen) atoms. The van der Waals surface area contributed by atoms with Gasteiger partial charge in [-0.05, 0) is 32.6 Å². The monoisotopic (exact) mass is 200 g/mol. The second-order valence-electron chi connectivity index (χ2n) is 3.70. The third kappa shape index (κ3) is 4.72.